The third-order valence-corrected chi connectivity index (χ3v) is 3.98. The van der Waals surface area contributed by atoms with E-state index in [-0.39, 0.29) is 13.2 Å². The molecule has 5 heteroatoms. The van der Waals surface area contributed by atoms with Crippen LogP contribution in [0.15, 0.2) is 24.3 Å². The molecule has 0 amide bonds. The van der Waals surface area contributed by atoms with Crippen molar-refractivity contribution in [2.75, 3.05) is 19.8 Å². The van der Waals surface area contributed by atoms with Crippen molar-refractivity contribution in [1.29, 1.82) is 0 Å². The molecule has 1 aliphatic rings. The van der Waals surface area contributed by atoms with Crippen LogP contribution >= 0.6 is 11.6 Å². The maximum absolute atomic E-state index is 9.92. The Kier molecular flexibility index (Phi) is 6.10. The van der Waals surface area contributed by atoms with Gasteiger partial charge in [-0.05, 0) is 37.0 Å². The van der Waals surface area contributed by atoms with Crippen molar-refractivity contribution in [3.8, 4) is 5.75 Å². The van der Waals surface area contributed by atoms with E-state index in [1.54, 1.807) is 12.1 Å². The van der Waals surface area contributed by atoms with Gasteiger partial charge < -0.3 is 20.3 Å². The molecule has 0 bridgehead atoms. The van der Waals surface area contributed by atoms with Gasteiger partial charge in [-0.1, -0.05) is 24.1 Å². The Bertz CT molecular complexity index is 416. The first-order valence-electron chi connectivity index (χ1n) is 7.09. The molecule has 1 fully saturated rings. The molecule has 1 saturated carbocycles. The van der Waals surface area contributed by atoms with Gasteiger partial charge in [0.25, 0.3) is 0 Å². The Morgan fingerprint density at radius 3 is 3.00 bits per heavy atom. The molecule has 1 aromatic carbocycles. The highest BCUT2D eigenvalue weighted by molar-refractivity contribution is 6.30. The number of halogens is 1. The fourth-order valence-electron chi connectivity index (χ4n) is 2.62. The first-order chi connectivity index (χ1) is 9.69. The zero-order valence-electron chi connectivity index (χ0n) is 11.5. The first-order valence-corrected chi connectivity index (χ1v) is 7.47. The number of hydrogen-bond acceptors (Lipinski definition) is 4. The predicted molar refractivity (Wildman–Crippen MR) is 79.2 cm³/mol. The summed E-state index contributed by atoms with van der Waals surface area (Å²) in [7, 11) is 0. The standard InChI is InChI=1S/C15H22ClNO3/c16-12-4-2-5-14(7-12)20-10-13(19)8-17-15-6-1-3-11(15)9-18/h2,4-5,7,11,13,15,17-19H,1,3,6,8-10H2. The lowest BCUT2D eigenvalue weighted by Gasteiger charge is -2.21. The second-order valence-corrected chi connectivity index (χ2v) is 5.75. The van der Waals surface area contributed by atoms with Gasteiger partial charge in [-0.3, -0.25) is 0 Å². The molecular formula is C15H22ClNO3. The number of hydrogen-bond donors (Lipinski definition) is 3. The zero-order valence-corrected chi connectivity index (χ0v) is 12.2. The molecule has 20 heavy (non-hydrogen) atoms. The van der Waals surface area contributed by atoms with E-state index in [0.29, 0.717) is 29.3 Å². The normalized spacial score (nSPS) is 23.8. The van der Waals surface area contributed by atoms with Crippen molar-refractivity contribution in [2.24, 2.45) is 5.92 Å². The van der Waals surface area contributed by atoms with Crippen LogP contribution in [-0.2, 0) is 0 Å². The third-order valence-electron chi connectivity index (χ3n) is 3.75. The van der Waals surface area contributed by atoms with Crippen molar-refractivity contribution < 1.29 is 14.9 Å². The van der Waals surface area contributed by atoms with Gasteiger partial charge >= 0.3 is 0 Å². The summed E-state index contributed by atoms with van der Waals surface area (Å²) >= 11 is 5.86. The Morgan fingerprint density at radius 1 is 1.40 bits per heavy atom. The number of nitrogens with one attached hydrogen (secondary N) is 1. The van der Waals surface area contributed by atoms with Crippen LogP contribution in [0.4, 0.5) is 0 Å². The average molecular weight is 300 g/mol. The molecule has 3 N–H and O–H groups in total. The number of rotatable bonds is 7. The van der Waals surface area contributed by atoms with Crippen LogP contribution in [-0.4, -0.2) is 42.1 Å². The van der Waals surface area contributed by atoms with Crippen molar-refractivity contribution >= 4 is 11.6 Å². The maximum atomic E-state index is 9.92. The maximum Gasteiger partial charge on any atom is 0.120 e. The topological polar surface area (TPSA) is 61.7 Å². The van der Waals surface area contributed by atoms with Crippen LogP contribution in [0.3, 0.4) is 0 Å². The molecule has 4 nitrogen and oxygen atoms in total. The zero-order chi connectivity index (χ0) is 14.4. The van der Waals surface area contributed by atoms with E-state index in [2.05, 4.69) is 5.32 Å². The summed E-state index contributed by atoms with van der Waals surface area (Å²) in [5, 5.41) is 23.1. The van der Waals surface area contributed by atoms with Crippen LogP contribution in [0.25, 0.3) is 0 Å². The quantitative estimate of drug-likeness (QED) is 0.719. The second-order valence-electron chi connectivity index (χ2n) is 5.31. The van der Waals surface area contributed by atoms with E-state index in [1.807, 2.05) is 12.1 Å². The molecule has 3 unspecified atom stereocenters. The van der Waals surface area contributed by atoms with Crippen LogP contribution in [0.1, 0.15) is 19.3 Å². The van der Waals surface area contributed by atoms with E-state index in [1.165, 1.54) is 0 Å². The fourth-order valence-corrected chi connectivity index (χ4v) is 2.80. The van der Waals surface area contributed by atoms with Crippen LogP contribution in [0, 0.1) is 5.92 Å². The molecule has 1 aromatic rings. The van der Waals surface area contributed by atoms with E-state index < -0.39 is 6.10 Å². The highest BCUT2D eigenvalue weighted by atomic mass is 35.5. The SMILES string of the molecule is OCC1CCCC1NCC(O)COc1cccc(Cl)c1. The molecule has 0 aliphatic heterocycles. The lowest BCUT2D eigenvalue weighted by atomic mass is 10.1. The largest absolute Gasteiger partial charge is 0.491 e. The van der Waals surface area contributed by atoms with Gasteiger partial charge in [-0.25, -0.2) is 0 Å². The van der Waals surface area contributed by atoms with Gasteiger partial charge in [0.1, 0.15) is 18.5 Å². The summed E-state index contributed by atoms with van der Waals surface area (Å²) < 4.78 is 5.49. The average Bonchev–Trinajstić information content (AvgIpc) is 2.90. The lowest BCUT2D eigenvalue weighted by molar-refractivity contribution is 0.0992. The molecule has 3 atom stereocenters. The molecule has 0 saturated heterocycles. The van der Waals surface area contributed by atoms with Crippen LogP contribution in [0.5, 0.6) is 5.75 Å². The van der Waals surface area contributed by atoms with Gasteiger partial charge in [0.05, 0.1) is 0 Å². The Hall–Kier alpha value is -0.810. The van der Waals surface area contributed by atoms with Gasteiger partial charge in [-0.2, -0.15) is 0 Å². The number of ether oxygens (including phenoxy) is 1. The summed E-state index contributed by atoms with van der Waals surface area (Å²) in [6.07, 6.45) is 2.68. The van der Waals surface area contributed by atoms with E-state index in [4.69, 9.17) is 16.3 Å². The number of aliphatic hydroxyl groups is 2. The predicted octanol–water partition coefficient (Wildman–Crippen LogP) is 1.83. The molecular weight excluding hydrogens is 278 g/mol. The molecule has 1 aliphatic carbocycles. The summed E-state index contributed by atoms with van der Waals surface area (Å²) in [4.78, 5) is 0. The Balaban J connectivity index is 1.69. The first kappa shape index (κ1) is 15.6. The Labute approximate surface area is 124 Å². The highest BCUT2D eigenvalue weighted by Gasteiger charge is 2.26. The van der Waals surface area contributed by atoms with Gasteiger partial charge in [0, 0.05) is 24.2 Å². The Morgan fingerprint density at radius 2 is 2.25 bits per heavy atom. The van der Waals surface area contributed by atoms with Crippen LogP contribution < -0.4 is 10.1 Å². The fraction of sp³-hybridized carbons (Fsp3) is 0.600. The van der Waals surface area contributed by atoms with E-state index >= 15 is 0 Å². The lowest BCUT2D eigenvalue weighted by Crippen LogP contribution is -2.40. The molecule has 112 valence electrons. The summed E-state index contributed by atoms with van der Waals surface area (Å²) in [6, 6.07) is 7.43. The van der Waals surface area contributed by atoms with Crippen LogP contribution in [0.2, 0.25) is 5.02 Å². The molecule has 0 radical (unpaired) electrons. The summed E-state index contributed by atoms with van der Waals surface area (Å²) in [5.74, 6) is 0.974. The minimum absolute atomic E-state index is 0.215. The van der Waals surface area contributed by atoms with Crippen molar-refractivity contribution in [1.82, 2.24) is 5.32 Å². The minimum Gasteiger partial charge on any atom is -0.491 e. The van der Waals surface area contributed by atoms with E-state index in [0.717, 1.165) is 19.3 Å². The van der Waals surface area contributed by atoms with Crippen molar-refractivity contribution in [3.05, 3.63) is 29.3 Å². The van der Waals surface area contributed by atoms with Gasteiger partial charge in [0.2, 0.25) is 0 Å². The number of benzene rings is 1. The highest BCUT2D eigenvalue weighted by Crippen LogP contribution is 2.24. The van der Waals surface area contributed by atoms with Crippen molar-refractivity contribution in [3.63, 3.8) is 0 Å². The summed E-state index contributed by atoms with van der Waals surface area (Å²) in [6.45, 7) is 0.915. The van der Waals surface area contributed by atoms with E-state index in [9.17, 15) is 10.2 Å². The summed E-state index contributed by atoms with van der Waals surface area (Å²) in [5.41, 5.74) is 0. The second kappa shape index (κ2) is 7.84. The molecule has 2 rings (SSSR count). The monoisotopic (exact) mass is 299 g/mol. The smallest absolute Gasteiger partial charge is 0.120 e. The molecule has 0 aromatic heterocycles. The van der Waals surface area contributed by atoms with Gasteiger partial charge in [-0.15, -0.1) is 0 Å². The third kappa shape index (κ3) is 4.63. The minimum atomic E-state index is -0.575. The van der Waals surface area contributed by atoms with Gasteiger partial charge in [0.15, 0.2) is 0 Å². The number of aliphatic hydroxyl groups excluding tert-OH is 2. The van der Waals surface area contributed by atoms with Crippen molar-refractivity contribution in [2.45, 2.75) is 31.4 Å². The molecule has 0 heterocycles. The molecule has 0 spiro atoms.